The molecule has 198 valence electrons. The Morgan fingerprint density at radius 2 is 0.878 bits per heavy atom. The van der Waals surface area contributed by atoms with Gasteiger partial charge in [-0.2, -0.15) is 0 Å². The van der Waals surface area contributed by atoms with Crippen molar-refractivity contribution in [1.29, 1.82) is 0 Å². The fourth-order valence-corrected chi connectivity index (χ4v) is 7.38. The lowest BCUT2D eigenvalue weighted by Crippen LogP contribution is -2.29. The number of rotatable bonds is 8. The third-order valence-electron chi connectivity index (χ3n) is 7.32. The molecule has 6 aromatic rings. The molecule has 0 unspecified atom stereocenters. The van der Waals surface area contributed by atoms with Crippen LogP contribution in [0, 0.1) is 0 Å². The number of carbonyl (C=O) groups excluding carboxylic acids is 1. The molecule has 0 radical (unpaired) electrons. The second-order valence-electron chi connectivity index (χ2n) is 9.92. The Labute approximate surface area is 242 Å². The van der Waals surface area contributed by atoms with Crippen LogP contribution in [-0.4, -0.2) is 10.6 Å². The molecule has 6 rings (SSSR count). The molecule has 0 fully saturated rings. The highest BCUT2D eigenvalue weighted by Gasteiger charge is 2.35. The minimum absolute atomic E-state index is 0.0416. The Bertz CT molecular complexity index is 1660. The SMILES string of the molecule is O=C(c1cc(-c2ccccc2)cc(C(O)(c2ccccc2)c2ccccc2)c1)P(c1ccccc1)c1ccccc1. The molecule has 0 aromatic heterocycles. The molecule has 1 N–H and O–H groups in total. The zero-order valence-electron chi connectivity index (χ0n) is 22.5. The van der Waals surface area contributed by atoms with Gasteiger partial charge < -0.3 is 5.11 Å². The highest BCUT2D eigenvalue weighted by Crippen LogP contribution is 2.42. The van der Waals surface area contributed by atoms with E-state index in [0.717, 1.165) is 32.9 Å². The Morgan fingerprint density at radius 1 is 0.463 bits per heavy atom. The highest BCUT2D eigenvalue weighted by molar-refractivity contribution is 7.88. The highest BCUT2D eigenvalue weighted by atomic mass is 31.1. The van der Waals surface area contributed by atoms with Gasteiger partial charge in [0.05, 0.1) is 0 Å². The third-order valence-corrected chi connectivity index (χ3v) is 9.61. The van der Waals surface area contributed by atoms with E-state index in [9.17, 15) is 9.90 Å². The molecule has 0 amide bonds. The molecule has 0 atom stereocenters. The van der Waals surface area contributed by atoms with Gasteiger partial charge >= 0.3 is 0 Å². The first kappa shape index (κ1) is 26.6. The molecule has 2 nitrogen and oxygen atoms in total. The van der Waals surface area contributed by atoms with Crippen LogP contribution in [0.3, 0.4) is 0 Å². The minimum atomic E-state index is -1.47. The Kier molecular flexibility index (Phi) is 7.69. The largest absolute Gasteiger partial charge is 0.376 e. The van der Waals surface area contributed by atoms with E-state index in [-0.39, 0.29) is 5.52 Å². The molecular weight excluding hydrogens is 519 g/mol. The van der Waals surface area contributed by atoms with Crippen molar-refractivity contribution in [3.05, 3.63) is 192 Å². The molecular formula is C38H29O2P. The first-order chi connectivity index (χ1) is 20.1. The van der Waals surface area contributed by atoms with Crippen molar-refractivity contribution in [3.8, 4) is 11.1 Å². The van der Waals surface area contributed by atoms with Gasteiger partial charge in [-0.05, 0) is 56.6 Å². The maximum absolute atomic E-state index is 14.6. The lowest BCUT2D eigenvalue weighted by molar-refractivity contribution is 0.108. The smallest absolute Gasteiger partial charge is 0.193 e. The van der Waals surface area contributed by atoms with Crippen LogP contribution in [0.15, 0.2) is 170 Å². The molecule has 0 heterocycles. The quantitative estimate of drug-likeness (QED) is 0.155. The van der Waals surface area contributed by atoms with Crippen LogP contribution < -0.4 is 10.6 Å². The average molecular weight is 549 g/mol. The van der Waals surface area contributed by atoms with Crippen LogP contribution in [0.1, 0.15) is 27.0 Å². The lowest BCUT2D eigenvalue weighted by atomic mass is 9.79. The number of hydrogen-bond acceptors (Lipinski definition) is 2. The number of aliphatic hydroxyl groups is 1. The standard InChI is InChI=1S/C38H29O2P/c39-37(41(35-22-12-4-13-23-35)36-24-14-5-15-25-36)31-26-30(29-16-6-1-7-17-29)27-34(28-31)38(40,32-18-8-2-9-19-32)33-20-10-3-11-21-33/h1-28,40H. The fourth-order valence-electron chi connectivity index (χ4n) is 5.28. The summed E-state index contributed by atoms with van der Waals surface area (Å²) >= 11 is 0. The predicted octanol–water partition coefficient (Wildman–Crippen LogP) is 7.91. The molecule has 6 aromatic carbocycles. The molecule has 0 saturated heterocycles. The Balaban J connectivity index is 1.59. The number of hydrogen-bond donors (Lipinski definition) is 1. The number of carbonyl (C=O) groups is 1. The topological polar surface area (TPSA) is 37.3 Å². The maximum Gasteiger partial charge on any atom is 0.193 e. The molecule has 0 aliphatic carbocycles. The monoisotopic (exact) mass is 548 g/mol. The first-order valence-electron chi connectivity index (χ1n) is 13.6. The molecule has 0 spiro atoms. The van der Waals surface area contributed by atoms with Crippen LogP contribution in [0.2, 0.25) is 0 Å². The summed E-state index contributed by atoms with van der Waals surface area (Å²) in [6.07, 6.45) is 0. The van der Waals surface area contributed by atoms with Gasteiger partial charge in [-0.3, -0.25) is 4.79 Å². The van der Waals surface area contributed by atoms with Crippen molar-refractivity contribution in [2.24, 2.45) is 0 Å². The molecule has 41 heavy (non-hydrogen) atoms. The fraction of sp³-hybridized carbons (Fsp3) is 0.0263. The van der Waals surface area contributed by atoms with Crippen molar-refractivity contribution in [1.82, 2.24) is 0 Å². The van der Waals surface area contributed by atoms with Crippen molar-refractivity contribution in [2.75, 3.05) is 0 Å². The molecule has 0 bridgehead atoms. The van der Waals surface area contributed by atoms with E-state index in [0.29, 0.717) is 11.1 Å². The van der Waals surface area contributed by atoms with Gasteiger partial charge in [0.15, 0.2) is 5.52 Å². The minimum Gasteiger partial charge on any atom is -0.376 e. The van der Waals surface area contributed by atoms with E-state index in [4.69, 9.17) is 0 Å². The number of benzene rings is 6. The maximum atomic E-state index is 14.6. The van der Waals surface area contributed by atoms with Gasteiger partial charge in [-0.1, -0.05) is 152 Å². The van der Waals surface area contributed by atoms with Gasteiger partial charge in [0.2, 0.25) is 0 Å². The van der Waals surface area contributed by atoms with Gasteiger partial charge in [-0.25, -0.2) is 0 Å². The van der Waals surface area contributed by atoms with Crippen molar-refractivity contribution >= 4 is 24.1 Å². The Morgan fingerprint density at radius 3 is 1.34 bits per heavy atom. The van der Waals surface area contributed by atoms with E-state index in [1.54, 1.807) is 0 Å². The summed E-state index contributed by atoms with van der Waals surface area (Å²) < 4.78 is 0. The molecule has 0 aliphatic rings. The van der Waals surface area contributed by atoms with E-state index < -0.39 is 13.5 Å². The summed E-state index contributed by atoms with van der Waals surface area (Å²) in [7, 11) is -1.35. The normalized spacial score (nSPS) is 11.4. The van der Waals surface area contributed by atoms with Crippen molar-refractivity contribution in [3.63, 3.8) is 0 Å². The van der Waals surface area contributed by atoms with Crippen LogP contribution in [-0.2, 0) is 5.60 Å². The summed E-state index contributed by atoms with van der Waals surface area (Å²) in [4.78, 5) is 14.6. The van der Waals surface area contributed by atoms with Gasteiger partial charge in [0.1, 0.15) is 5.60 Å². The summed E-state index contributed by atoms with van der Waals surface area (Å²) in [5.41, 5.74) is 3.14. The van der Waals surface area contributed by atoms with Crippen LogP contribution >= 0.6 is 7.92 Å². The first-order valence-corrected chi connectivity index (χ1v) is 15.0. The Hall–Kier alpha value is -4.62. The van der Waals surface area contributed by atoms with Crippen LogP contribution in [0.5, 0.6) is 0 Å². The van der Waals surface area contributed by atoms with E-state index >= 15 is 0 Å². The summed E-state index contributed by atoms with van der Waals surface area (Å²) in [5.74, 6) is 0. The van der Waals surface area contributed by atoms with Gasteiger partial charge in [0.25, 0.3) is 0 Å². The van der Waals surface area contributed by atoms with E-state index in [2.05, 4.69) is 0 Å². The van der Waals surface area contributed by atoms with Crippen LogP contribution in [0.25, 0.3) is 11.1 Å². The average Bonchev–Trinajstić information content (AvgIpc) is 3.06. The zero-order chi connectivity index (χ0) is 28.1. The molecule has 0 saturated carbocycles. The third kappa shape index (κ3) is 5.41. The van der Waals surface area contributed by atoms with Crippen molar-refractivity contribution < 1.29 is 9.90 Å². The molecule has 3 heteroatoms. The zero-order valence-corrected chi connectivity index (χ0v) is 23.4. The second kappa shape index (κ2) is 11.9. The van der Waals surface area contributed by atoms with Gasteiger partial charge in [0, 0.05) is 13.5 Å². The van der Waals surface area contributed by atoms with Gasteiger partial charge in [-0.15, -0.1) is 0 Å². The lowest BCUT2D eigenvalue weighted by Gasteiger charge is -2.31. The van der Waals surface area contributed by atoms with Crippen molar-refractivity contribution in [2.45, 2.75) is 5.60 Å². The summed E-state index contributed by atoms with van der Waals surface area (Å²) in [6.45, 7) is 0. The molecule has 0 aliphatic heterocycles. The van der Waals surface area contributed by atoms with E-state index in [1.807, 2.05) is 170 Å². The predicted molar refractivity (Wildman–Crippen MR) is 170 cm³/mol. The summed E-state index contributed by atoms with van der Waals surface area (Å²) in [5, 5.41) is 14.7. The van der Waals surface area contributed by atoms with Crippen LogP contribution in [0.4, 0.5) is 0 Å². The second-order valence-corrected chi connectivity index (χ2v) is 12.0. The summed E-state index contributed by atoms with van der Waals surface area (Å²) in [6, 6.07) is 55.2. The van der Waals surface area contributed by atoms with E-state index in [1.165, 1.54) is 0 Å².